The van der Waals surface area contributed by atoms with Crippen LogP contribution in [0.3, 0.4) is 0 Å². The van der Waals surface area contributed by atoms with Gasteiger partial charge in [-0.05, 0) is 70.8 Å². The summed E-state index contributed by atoms with van der Waals surface area (Å²) in [5.74, 6) is 1.87. The number of furan rings is 1. The molecule has 2 N–H and O–H groups in total. The average molecular weight is 401 g/mol. The Kier molecular flexibility index (Phi) is 7.75. The van der Waals surface area contributed by atoms with E-state index in [1.54, 1.807) is 6.26 Å². The maximum absolute atomic E-state index is 5.75. The summed E-state index contributed by atoms with van der Waals surface area (Å²) in [5.41, 5.74) is 3.66. The van der Waals surface area contributed by atoms with Crippen molar-refractivity contribution in [1.29, 1.82) is 0 Å². The van der Waals surface area contributed by atoms with Crippen molar-refractivity contribution in [3.8, 4) is 0 Å². The van der Waals surface area contributed by atoms with Gasteiger partial charge in [0.2, 0.25) is 0 Å². The van der Waals surface area contributed by atoms with Crippen LogP contribution < -0.4 is 10.6 Å². The van der Waals surface area contributed by atoms with Crippen molar-refractivity contribution >= 4 is 5.96 Å². The summed E-state index contributed by atoms with van der Waals surface area (Å²) in [7, 11) is 2.00. The van der Waals surface area contributed by atoms with Gasteiger partial charge in [-0.15, -0.1) is 0 Å². The summed E-state index contributed by atoms with van der Waals surface area (Å²) >= 11 is 0. The number of aryl methyl sites for hydroxylation is 2. The molecule has 1 unspecified atom stereocenters. The van der Waals surface area contributed by atoms with Gasteiger partial charge >= 0.3 is 0 Å². The molecule has 0 aliphatic carbocycles. The van der Waals surface area contributed by atoms with E-state index >= 15 is 0 Å². The molecule has 0 amide bonds. The summed E-state index contributed by atoms with van der Waals surface area (Å²) in [4.78, 5) is 7.41. The third kappa shape index (κ3) is 5.63. The molecule has 1 aliphatic heterocycles. The second-order valence-electron chi connectivity index (χ2n) is 7.80. The SMILES string of the molecule is CCNC(=NCC(c1ccco1)N1CCCCC1)NCCc1c(C)nn(C)c1C. The molecule has 1 aliphatic rings. The Balaban J connectivity index is 1.63. The van der Waals surface area contributed by atoms with Crippen LogP contribution in [0.2, 0.25) is 0 Å². The van der Waals surface area contributed by atoms with Gasteiger partial charge in [0.05, 0.1) is 24.5 Å². The van der Waals surface area contributed by atoms with Crippen LogP contribution in [0, 0.1) is 13.8 Å². The van der Waals surface area contributed by atoms with E-state index in [0.717, 1.165) is 50.0 Å². The number of aromatic nitrogens is 2. The van der Waals surface area contributed by atoms with Crippen LogP contribution in [-0.4, -0.2) is 53.4 Å². The highest BCUT2D eigenvalue weighted by molar-refractivity contribution is 5.79. The third-order valence-corrected chi connectivity index (χ3v) is 5.80. The Labute approximate surface area is 174 Å². The zero-order valence-electron chi connectivity index (χ0n) is 18.4. The molecule has 0 bridgehead atoms. The predicted octanol–water partition coefficient (Wildman–Crippen LogP) is 2.95. The molecule has 2 aromatic rings. The Morgan fingerprint density at radius 3 is 2.66 bits per heavy atom. The van der Waals surface area contributed by atoms with Crippen LogP contribution in [0.25, 0.3) is 0 Å². The summed E-state index contributed by atoms with van der Waals surface area (Å²) in [6.07, 6.45) is 6.52. The van der Waals surface area contributed by atoms with E-state index in [1.165, 1.54) is 30.5 Å². The number of hydrogen-bond donors (Lipinski definition) is 2. The van der Waals surface area contributed by atoms with Crippen LogP contribution in [-0.2, 0) is 13.5 Å². The van der Waals surface area contributed by atoms with Crippen molar-refractivity contribution in [1.82, 2.24) is 25.3 Å². The van der Waals surface area contributed by atoms with Crippen LogP contribution in [0.5, 0.6) is 0 Å². The Bertz CT molecular complexity index is 774. The first-order valence-corrected chi connectivity index (χ1v) is 10.9. The molecule has 7 heteroatoms. The number of likely N-dealkylation sites (tertiary alicyclic amines) is 1. The topological polar surface area (TPSA) is 70.6 Å². The van der Waals surface area contributed by atoms with Crippen molar-refractivity contribution in [2.75, 3.05) is 32.7 Å². The van der Waals surface area contributed by atoms with E-state index in [1.807, 2.05) is 17.8 Å². The van der Waals surface area contributed by atoms with Crippen molar-refractivity contribution in [3.63, 3.8) is 0 Å². The molecule has 2 aromatic heterocycles. The van der Waals surface area contributed by atoms with E-state index < -0.39 is 0 Å². The fourth-order valence-electron chi connectivity index (χ4n) is 4.10. The molecule has 0 aromatic carbocycles. The molecule has 0 radical (unpaired) electrons. The van der Waals surface area contributed by atoms with E-state index in [2.05, 4.69) is 47.5 Å². The van der Waals surface area contributed by atoms with Crippen molar-refractivity contribution in [2.24, 2.45) is 12.0 Å². The largest absolute Gasteiger partial charge is 0.468 e. The lowest BCUT2D eigenvalue weighted by molar-refractivity contribution is 0.150. The molecular weight excluding hydrogens is 364 g/mol. The van der Waals surface area contributed by atoms with Gasteiger partial charge in [0, 0.05) is 25.8 Å². The lowest BCUT2D eigenvalue weighted by Crippen LogP contribution is -2.40. The van der Waals surface area contributed by atoms with Crippen LogP contribution in [0.4, 0.5) is 0 Å². The van der Waals surface area contributed by atoms with Crippen molar-refractivity contribution in [2.45, 2.75) is 52.5 Å². The second-order valence-corrected chi connectivity index (χ2v) is 7.80. The molecule has 3 heterocycles. The highest BCUT2D eigenvalue weighted by Gasteiger charge is 2.24. The minimum Gasteiger partial charge on any atom is -0.468 e. The van der Waals surface area contributed by atoms with E-state index in [4.69, 9.17) is 9.41 Å². The Hall–Kier alpha value is -2.28. The molecular formula is C22H36N6O. The highest BCUT2D eigenvalue weighted by Crippen LogP contribution is 2.25. The Morgan fingerprint density at radius 2 is 2.03 bits per heavy atom. The van der Waals surface area contributed by atoms with Crippen molar-refractivity contribution in [3.05, 3.63) is 41.1 Å². The first-order valence-electron chi connectivity index (χ1n) is 10.9. The van der Waals surface area contributed by atoms with Gasteiger partial charge in [0.1, 0.15) is 5.76 Å². The maximum Gasteiger partial charge on any atom is 0.191 e. The fraction of sp³-hybridized carbons (Fsp3) is 0.636. The zero-order valence-corrected chi connectivity index (χ0v) is 18.4. The highest BCUT2D eigenvalue weighted by atomic mass is 16.3. The Morgan fingerprint density at radius 1 is 1.24 bits per heavy atom. The third-order valence-electron chi connectivity index (χ3n) is 5.80. The normalized spacial score (nSPS) is 16.8. The number of nitrogens with zero attached hydrogens (tertiary/aromatic N) is 4. The molecule has 29 heavy (non-hydrogen) atoms. The first kappa shape index (κ1) is 21.4. The smallest absolute Gasteiger partial charge is 0.191 e. The second kappa shape index (κ2) is 10.5. The van der Waals surface area contributed by atoms with Gasteiger partial charge in [-0.2, -0.15) is 5.10 Å². The summed E-state index contributed by atoms with van der Waals surface area (Å²) in [6.45, 7) is 10.9. The van der Waals surface area contributed by atoms with Crippen LogP contribution in [0.1, 0.15) is 54.9 Å². The number of hydrogen-bond acceptors (Lipinski definition) is 4. The maximum atomic E-state index is 5.75. The minimum atomic E-state index is 0.198. The molecule has 0 spiro atoms. The fourth-order valence-corrected chi connectivity index (χ4v) is 4.10. The first-order chi connectivity index (χ1) is 14.1. The van der Waals surface area contributed by atoms with E-state index in [9.17, 15) is 0 Å². The van der Waals surface area contributed by atoms with Gasteiger partial charge in [0.25, 0.3) is 0 Å². The molecule has 7 nitrogen and oxygen atoms in total. The van der Waals surface area contributed by atoms with E-state index in [-0.39, 0.29) is 6.04 Å². The number of piperidine rings is 1. The van der Waals surface area contributed by atoms with Crippen LogP contribution >= 0.6 is 0 Å². The monoisotopic (exact) mass is 400 g/mol. The molecule has 1 fully saturated rings. The molecule has 3 rings (SSSR count). The van der Waals surface area contributed by atoms with Gasteiger partial charge in [-0.3, -0.25) is 14.6 Å². The average Bonchev–Trinajstić information content (AvgIpc) is 3.33. The van der Waals surface area contributed by atoms with Crippen LogP contribution in [0.15, 0.2) is 27.8 Å². The number of nitrogens with one attached hydrogen (secondary N) is 2. The van der Waals surface area contributed by atoms with Gasteiger partial charge < -0.3 is 15.1 Å². The molecule has 1 saturated heterocycles. The van der Waals surface area contributed by atoms with Crippen molar-refractivity contribution < 1.29 is 4.42 Å². The summed E-state index contributed by atoms with van der Waals surface area (Å²) in [5, 5.41) is 11.4. The molecule has 160 valence electrons. The lowest BCUT2D eigenvalue weighted by atomic mass is 10.1. The summed E-state index contributed by atoms with van der Waals surface area (Å²) < 4.78 is 7.70. The summed E-state index contributed by atoms with van der Waals surface area (Å²) in [6, 6.07) is 4.24. The quantitative estimate of drug-likeness (QED) is 0.527. The predicted molar refractivity (Wildman–Crippen MR) is 117 cm³/mol. The van der Waals surface area contributed by atoms with Gasteiger partial charge in [0.15, 0.2) is 5.96 Å². The molecule has 0 saturated carbocycles. The number of guanidine groups is 1. The standard InChI is InChI=1S/C22H36N6O/c1-5-23-22(24-12-11-19-17(2)26-27(4)18(19)3)25-16-20(21-10-9-15-29-21)28-13-7-6-8-14-28/h9-10,15,20H,5-8,11-14,16H2,1-4H3,(H2,23,24,25). The minimum absolute atomic E-state index is 0.198. The zero-order chi connectivity index (χ0) is 20.6. The molecule has 1 atom stereocenters. The lowest BCUT2D eigenvalue weighted by Gasteiger charge is -2.32. The van der Waals surface area contributed by atoms with Gasteiger partial charge in [-0.1, -0.05) is 6.42 Å². The number of aliphatic imine (C=N–C) groups is 1. The van der Waals surface area contributed by atoms with Gasteiger partial charge in [-0.25, -0.2) is 0 Å². The van der Waals surface area contributed by atoms with E-state index in [0.29, 0.717) is 6.54 Å². The number of rotatable bonds is 8.